The molecule has 0 radical (unpaired) electrons. The number of rotatable bonds is 8. The monoisotopic (exact) mass is 352 g/mol. The van der Waals surface area contributed by atoms with Crippen molar-refractivity contribution in [1.82, 2.24) is 0 Å². The summed E-state index contributed by atoms with van der Waals surface area (Å²) < 4.78 is 16.0. The van der Waals surface area contributed by atoms with Gasteiger partial charge in [-0.25, -0.2) is 0 Å². The molecule has 0 saturated carbocycles. The fourth-order valence-electron chi connectivity index (χ4n) is 2.13. The van der Waals surface area contributed by atoms with Crippen LogP contribution < -0.4 is 9.47 Å². The van der Waals surface area contributed by atoms with Crippen LogP contribution in [0.25, 0.3) is 0 Å². The fourth-order valence-corrected chi connectivity index (χ4v) is 2.13. The van der Waals surface area contributed by atoms with Crippen LogP contribution in [-0.4, -0.2) is 25.9 Å². The third kappa shape index (κ3) is 5.35. The first-order valence-electron chi connectivity index (χ1n) is 8.13. The Morgan fingerprint density at radius 1 is 1.23 bits per heavy atom. The van der Waals surface area contributed by atoms with E-state index in [0.717, 1.165) is 5.56 Å². The first-order valence-corrected chi connectivity index (χ1v) is 8.13. The first-order chi connectivity index (χ1) is 12.7. The van der Waals surface area contributed by atoms with Gasteiger partial charge in [0.2, 0.25) is 0 Å². The van der Waals surface area contributed by atoms with Crippen molar-refractivity contribution in [3.63, 3.8) is 0 Å². The Balaban J connectivity index is 2.14. The minimum atomic E-state index is -1.05. The van der Waals surface area contributed by atoms with Crippen LogP contribution in [0.1, 0.15) is 12.5 Å². The molecule has 0 amide bonds. The van der Waals surface area contributed by atoms with Crippen molar-refractivity contribution in [1.29, 1.82) is 5.26 Å². The molecule has 0 bridgehead atoms. The van der Waals surface area contributed by atoms with Crippen LogP contribution in [0.15, 0.2) is 53.5 Å². The first kappa shape index (κ1) is 19.0. The number of ether oxygens (including phenoxy) is 3. The van der Waals surface area contributed by atoms with Gasteiger partial charge in [0.15, 0.2) is 17.4 Å². The molecule has 2 aromatic carbocycles. The number of benzene rings is 2. The summed E-state index contributed by atoms with van der Waals surface area (Å²) >= 11 is 0. The molecule has 0 aromatic heterocycles. The highest BCUT2D eigenvalue weighted by molar-refractivity contribution is 5.93. The molecule has 0 fully saturated rings. The maximum atomic E-state index is 11.6. The second-order valence-electron chi connectivity index (χ2n) is 5.25. The summed E-state index contributed by atoms with van der Waals surface area (Å²) in [5.41, 5.74) is 1.56. The summed E-state index contributed by atoms with van der Waals surface area (Å²) in [6.45, 7) is 2.28. The molecule has 26 heavy (non-hydrogen) atoms. The number of esters is 1. The van der Waals surface area contributed by atoms with E-state index in [9.17, 15) is 4.79 Å². The topological polar surface area (TPSA) is 80.9 Å². The molecule has 1 atom stereocenters. The van der Waals surface area contributed by atoms with Gasteiger partial charge < -0.3 is 14.2 Å². The molecule has 0 saturated heterocycles. The third-order valence-electron chi connectivity index (χ3n) is 3.44. The van der Waals surface area contributed by atoms with Crippen molar-refractivity contribution < 1.29 is 19.0 Å². The van der Waals surface area contributed by atoms with Crippen molar-refractivity contribution in [3.8, 4) is 17.6 Å². The molecular weight excluding hydrogens is 332 g/mol. The van der Waals surface area contributed by atoms with Crippen molar-refractivity contribution in [3.05, 3.63) is 54.1 Å². The van der Waals surface area contributed by atoms with E-state index in [1.165, 1.54) is 6.21 Å². The van der Waals surface area contributed by atoms with Crippen molar-refractivity contribution in [2.75, 3.05) is 13.7 Å². The summed E-state index contributed by atoms with van der Waals surface area (Å²) in [5.74, 6) is -0.573. The number of aliphatic imine (C=N–C) groups is 1. The highest BCUT2D eigenvalue weighted by atomic mass is 16.5. The van der Waals surface area contributed by atoms with Gasteiger partial charge in [-0.3, -0.25) is 9.79 Å². The molecule has 0 heterocycles. The van der Waals surface area contributed by atoms with E-state index in [1.807, 2.05) is 36.4 Å². The van der Waals surface area contributed by atoms with Crippen LogP contribution in [0.3, 0.4) is 0 Å². The summed E-state index contributed by atoms with van der Waals surface area (Å²) in [5, 5.41) is 9.06. The van der Waals surface area contributed by atoms with E-state index >= 15 is 0 Å². The average Bonchev–Trinajstić information content (AvgIpc) is 2.68. The molecule has 0 spiro atoms. The smallest absolute Gasteiger partial charge is 0.328 e. The molecule has 6 heteroatoms. The lowest BCUT2D eigenvalue weighted by Crippen LogP contribution is -2.17. The van der Waals surface area contributed by atoms with Crippen LogP contribution in [0.5, 0.6) is 11.5 Å². The van der Waals surface area contributed by atoms with Gasteiger partial charge in [-0.2, -0.15) is 5.26 Å². The predicted molar refractivity (Wildman–Crippen MR) is 97.7 cm³/mol. The molecule has 0 aliphatic heterocycles. The Kier molecular flexibility index (Phi) is 7.19. The highest BCUT2D eigenvalue weighted by Gasteiger charge is 2.16. The Morgan fingerprint density at radius 3 is 2.65 bits per heavy atom. The minimum absolute atomic E-state index is 0.213. The lowest BCUT2D eigenvalue weighted by Gasteiger charge is -2.11. The third-order valence-corrected chi connectivity index (χ3v) is 3.44. The Labute approximate surface area is 152 Å². The molecule has 1 unspecified atom stereocenters. The summed E-state index contributed by atoms with van der Waals surface area (Å²) in [6, 6.07) is 16.7. The molecule has 2 rings (SSSR count). The number of methoxy groups -OCH3 is 1. The van der Waals surface area contributed by atoms with E-state index in [2.05, 4.69) is 4.99 Å². The van der Waals surface area contributed by atoms with E-state index in [1.54, 1.807) is 32.2 Å². The van der Waals surface area contributed by atoms with Crippen molar-refractivity contribution in [2.45, 2.75) is 13.5 Å². The van der Waals surface area contributed by atoms with Gasteiger partial charge >= 0.3 is 5.97 Å². The normalized spacial score (nSPS) is 11.6. The van der Waals surface area contributed by atoms with Gasteiger partial charge in [0.05, 0.1) is 25.5 Å². The Bertz CT molecular complexity index is 797. The maximum Gasteiger partial charge on any atom is 0.328 e. The van der Waals surface area contributed by atoms with E-state index in [0.29, 0.717) is 23.8 Å². The second-order valence-corrected chi connectivity index (χ2v) is 5.25. The highest BCUT2D eigenvalue weighted by Crippen LogP contribution is 2.32. The van der Waals surface area contributed by atoms with Crippen molar-refractivity contribution >= 4 is 17.9 Å². The van der Waals surface area contributed by atoms with Gasteiger partial charge in [-0.15, -0.1) is 0 Å². The van der Waals surface area contributed by atoms with Crippen LogP contribution in [-0.2, 0) is 16.1 Å². The van der Waals surface area contributed by atoms with Crippen LogP contribution in [0, 0.1) is 17.2 Å². The number of nitriles is 1. The van der Waals surface area contributed by atoms with Gasteiger partial charge in [0.25, 0.3) is 0 Å². The lowest BCUT2D eigenvalue weighted by molar-refractivity contribution is -0.143. The number of hydrogen-bond acceptors (Lipinski definition) is 6. The van der Waals surface area contributed by atoms with Gasteiger partial charge in [-0.1, -0.05) is 30.3 Å². The molecule has 0 N–H and O–H groups in total. The molecular formula is C20H20N2O4. The van der Waals surface area contributed by atoms with Crippen LogP contribution in [0.2, 0.25) is 0 Å². The lowest BCUT2D eigenvalue weighted by atomic mass is 10.2. The molecule has 6 nitrogen and oxygen atoms in total. The molecule has 0 aliphatic carbocycles. The average molecular weight is 352 g/mol. The van der Waals surface area contributed by atoms with Gasteiger partial charge in [0.1, 0.15) is 6.61 Å². The number of nitrogens with zero attached hydrogens (tertiary/aromatic N) is 2. The van der Waals surface area contributed by atoms with E-state index < -0.39 is 11.9 Å². The standard InChI is InChI=1S/C20H20N2O4/c1-3-25-20(23)16(12-21)13-22-17-9-10-18(24-2)19(11-17)26-14-15-7-5-4-6-8-15/h4-11,13,16H,3,14H2,1-2H3. The number of carbonyl (C=O) groups is 1. The molecule has 2 aromatic rings. The second kappa shape index (κ2) is 9.84. The van der Waals surface area contributed by atoms with E-state index in [-0.39, 0.29) is 6.61 Å². The van der Waals surface area contributed by atoms with Gasteiger partial charge in [0, 0.05) is 12.3 Å². The van der Waals surface area contributed by atoms with E-state index in [4.69, 9.17) is 19.5 Å². The Morgan fingerprint density at radius 2 is 2.00 bits per heavy atom. The Hall–Kier alpha value is -3.33. The molecule has 0 aliphatic rings. The van der Waals surface area contributed by atoms with Crippen LogP contribution in [0.4, 0.5) is 5.69 Å². The summed E-state index contributed by atoms with van der Waals surface area (Å²) in [4.78, 5) is 15.8. The van der Waals surface area contributed by atoms with Crippen molar-refractivity contribution in [2.24, 2.45) is 10.9 Å². The maximum absolute atomic E-state index is 11.6. The fraction of sp³-hybridized carbons (Fsp3) is 0.250. The quantitative estimate of drug-likeness (QED) is 0.535. The largest absolute Gasteiger partial charge is 0.493 e. The molecule has 134 valence electrons. The summed E-state index contributed by atoms with van der Waals surface area (Å²) in [6.07, 6.45) is 1.26. The predicted octanol–water partition coefficient (Wildman–Crippen LogP) is 3.68. The van der Waals surface area contributed by atoms with Crippen LogP contribution >= 0.6 is 0 Å². The minimum Gasteiger partial charge on any atom is -0.493 e. The summed E-state index contributed by atoms with van der Waals surface area (Å²) in [7, 11) is 1.56. The zero-order valence-corrected chi connectivity index (χ0v) is 14.7. The van der Waals surface area contributed by atoms with Gasteiger partial charge in [-0.05, 0) is 24.6 Å². The zero-order chi connectivity index (χ0) is 18.8. The number of hydrogen-bond donors (Lipinski definition) is 0. The number of carbonyl (C=O) groups excluding carboxylic acids is 1. The zero-order valence-electron chi connectivity index (χ0n) is 14.7. The SMILES string of the molecule is CCOC(=O)C(C#N)C=Nc1ccc(OC)c(OCc2ccccc2)c1.